The second-order valence-electron chi connectivity index (χ2n) is 6.92. The van der Waals surface area contributed by atoms with Gasteiger partial charge in [0.1, 0.15) is 0 Å². The molecule has 146 valence electrons. The number of aromatic nitrogens is 1. The smallest absolute Gasteiger partial charge is 0.418 e. The molecule has 3 nitrogen and oxygen atoms in total. The molecule has 0 saturated heterocycles. The lowest BCUT2D eigenvalue weighted by Gasteiger charge is -2.21. The number of halogens is 3. The maximum absolute atomic E-state index is 13.9. The fraction of sp³-hybridized carbons (Fsp3) is 0.227. The summed E-state index contributed by atoms with van der Waals surface area (Å²) in [4.78, 5) is 11.5. The maximum atomic E-state index is 13.9. The first-order valence-electron chi connectivity index (χ1n) is 8.72. The number of nitrogens with zero attached hydrogens (tertiary/aromatic N) is 1. The number of para-hydroxylation sites is 1. The van der Waals surface area contributed by atoms with Gasteiger partial charge < -0.3 is 9.67 Å². The largest absolute Gasteiger partial charge is 0.478 e. The lowest BCUT2D eigenvalue weighted by atomic mass is 9.96. The van der Waals surface area contributed by atoms with Crippen LogP contribution in [-0.4, -0.2) is 15.6 Å². The monoisotopic (exact) mass is 387 g/mol. The molecule has 0 unspecified atom stereocenters. The predicted molar refractivity (Wildman–Crippen MR) is 102 cm³/mol. The first kappa shape index (κ1) is 19.7. The van der Waals surface area contributed by atoms with E-state index in [1.165, 1.54) is 23.6 Å². The topological polar surface area (TPSA) is 42.2 Å². The van der Waals surface area contributed by atoms with Gasteiger partial charge in [-0.25, -0.2) is 4.79 Å². The number of aryl methyl sites for hydroxylation is 3. The lowest BCUT2D eigenvalue weighted by molar-refractivity contribution is -0.137. The van der Waals surface area contributed by atoms with Gasteiger partial charge in [0.15, 0.2) is 0 Å². The third-order valence-electron chi connectivity index (χ3n) is 5.04. The molecule has 0 aliphatic rings. The zero-order chi connectivity index (χ0) is 20.8. The van der Waals surface area contributed by atoms with E-state index >= 15 is 0 Å². The summed E-state index contributed by atoms with van der Waals surface area (Å²) in [6.45, 7) is 6.97. The summed E-state index contributed by atoms with van der Waals surface area (Å²) in [6, 6.07) is 10.9. The number of hydrogen-bond donors (Lipinski definition) is 1. The number of carbonyl (C=O) groups is 1. The Balaban J connectivity index is 2.42. The van der Waals surface area contributed by atoms with Crippen LogP contribution in [0.25, 0.3) is 16.8 Å². The van der Waals surface area contributed by atoms with Crippen LogP contribution in [0.4, 0.5) is 13.2 Å². The molecule has 0 bridgehead atoms. The van der Waals surface area contributed by atoms with E-state index in [4.69, 9.17) is 0 Å². The van der Waals surface area contributed by atoms with Crippen molar-refractivity contribution >= 4 is 5.97 Å². The third kappa shape index (κ3) is 3.30. The van der Waals surface area contributed by atoms with Crippen LogP contribution in [0.1, 0.15) is 38.4 Å². The maximum Gasteiger partial charge on any atom is 0.418 e. The van der Waals surface area contributed by atoms with Crippen molar-refractivity contribution in [2.75, 3.05) is 0 Å². The minimum Gasteiger partial charge on any atom is -0.478 e. The summed E-state index contributed by atoms with van der Waals surface area (Å²) in [7, 11) is 0. The number of hydrogen-bond acceptors (Lipinski definition) is 1. The third-order valence-corrected chi connectivity index (χ3v) is 5.04. The van der Waals surface area contributed by atoms with Crippen molar-refractivity contribution in [3.63, 3.8) is 0 Å². The van der Waals surface area contributed by atoms with E-state index in [-0.39, 0.29) is 16.9 Å². The normalized spacial score (nSPS) is 11.7. The second kappa shape index (κ2) is 6.86. The van der Waals surface area contributed by atoms with Gasteiger partial charge in [-0.3, -0.25) is 0 Å². The van der Waals surface area contributed by atoms with Crippen molar-refractivity contribution in [2.24, 2.45) is 0 Å². The molecule has 0 aliphatic heterocycles. The molecule has 3 rings (SSSR count). The predicted octanol–water partition coefficient (Wildman–Crippen LogP) is 6.09. The van der Waals surface area contributed by atoms with E-state index in [0.29, 0.717) is 16.8 Å². The molecule has 1 heterocycles. The van der Waals surface area contributed by atoms with Crippen LogP contribution in [0.5, 0.6) is 0 Å². The standard InChI is InChI=1S/C22H20F3NO2/c1-12-8-9-16(10-13(12)2)17-6-5-7-19(22(23,24)25)20(17)26-14(3)11-18(15(26)4)21(27)28/h5-11H,1-4H3,(H,27,28). The Bertz CT molecular complexity index is 1080. The summed E-state index contributed by atoms with van der Waals surface area (Å²) < 4.78 is 43.0. The molecular formula is C22H20F3NO2. The Morgan fingerprint density at radius 3 is 2.18 bits per heavy atom. The Labute approximate surface area is 161 Å². The van der Waals surface area contributed by atoms with Crippen LogP contribution in [0.3, 0.4) is 0 Å². The van der Waals surface area contributed by atoms with Crippen LogP contribution in [0.15, 0.2) is 42.5 Å². The van der Waals surface area contributed by atoms with Crippen molar-refractivity contribution < 1.29 is 23.1 Å². The van der Waals surface area contributed by atoms with Crippen LogP contribution in [0.2, 0.25) is 0 Å². The highest BCUT2D eigenvalue weighted by Gasteiger charge is 2.36. The highest BCUT2D eigenvalue weighted by molar-refractivity contribution is 5.90. The number of rotatable bonds is 3. The first-order valence-corrected chi connectivity index (χ1v) is 8.72. The molecule has 1 aromatic heterocycles. The minimum atomic E-state index is -4.59. The van der Waals surface area contributed by atoms with Gasteiger partial charge in [-0.2, -0.15) is 13.2 Å². The summed E-state index contributed by atoms with van der Waals surface area (Å²) in [5, 5.41) is 9.40. The molecule has 0 atom stereocenters. The molecule has 2 aromatic carbocycles. The number of aromatic carboxylic acids is 1. The molecule has 0 radical (unpaired) electrons. The van der Waals surface area contributed by atoms with Crippen LogP contribution >= 0.6 is 0 Å². The molecular weight excluding hydrogens is 367 g/mol. The highest BCUT2D eigenvalue weighted by atomic mass is 19.4. The average Bonchev–Trinajstić information content (AvgIpc) is 2.90. The van der Waals surface area contributed by atoms with Gasteiger partial charge in [0.2, 0.25) is 0 Å². The summed E-state index contributed by atoms with van der Waals surface area (Å²) in [6.07, 6.45) is -4.59. The van der Waals surface area contributed by atoms with E-state index in [1.54, 1.807) is 19.1 Å². The Morgan fingerprint density at radius 1 is 0.964 bits per heavy atom. The Hall–Kier alpha value is -3.02. The SMILES string of the molecule is Cc1ccc(-c2cccc(C(F)(F)F)c2-n2c(C)cc(C(=O)O)c2C)cc1C. The average molecular weight is 387 g/mol. The molecule has 0 fully saturated rings. The summed E-state index contributed by atoms with van der Waals surface area (Å²) in [5.41, 5.74) is 2.86. The molecule has 0 spiro atoms. The summed E-state index contributed by atoms with van der Waals surface area (Å²) in [5.74, 6) is -1.17. The van der Waals surface area contributed by atoms with Crippen molar-refractivity contribution in [1.29, 1.82) is 0 Å². The van der Waals surface area contributed by atoms with Gasteiger partial charge in [-0.1, -0.05) is 30.3 Å². The molecule has 0 aliphatic carbocycles. The van der Waals surface area contributed by atoms with Crippen molar-refractivity contribution in [2.45, 2.75) is 33.9 Å². The van der Waals surface area contributed by atoms with Crippen LogP contribution < -0.4 is 0 Å². The number of carboxylic acids is 1. The minimum absolute atomic E-state index is 0.0134. The van der Waals surface area contributed by atoms with Crippen molar-refractivity contribution in [3.8, 4) is 16.8 Å². The second-order valence-corrected chi connectivity index (χ2v) is 6.92. The Morgan fingerprint density at radius 2 is 1.64 bits per heavy atom. The van der Waals surface area contributed by atoms with Crippen LogP contribution in [-0.2, 0) is 6.18 Å². The fourth-order valence-electron chi connectivity index (χ4n) is 3.48. The van der Waals surface area contributed by atoms with Crippen molar-refractivity contribution in [1.82, 2.24) is 4.57 Å². The van der Waals surface area contributed by atoms with Gasteiger partial charge >= 0.3 is 12.1 Å². The van der Waals surface area contributed by atoms with E-state index in [9.17, 15) is 23.1 Å². The molecule has 0 amide bonds. The zero-order valence-electron chi connectivity index (χ0n) is 16.0. The summed E-state index contributed by atoms with van der Waals surface area (Å²) >= 11 is 0. The number of alkyl halides is 3. The van der Waals surface area contributed by atoms with Gasteiger partial charge in [-0.05, 0) is 56.5 Å². The Kier molecular flexibility index (Phi) is 4.83. The molecule has 6 heteroatoms. The van der Waals surface area contributed by atoms with Crippen LogP contribution in [0, 0.1) is 27.7 Å². The van der Waals surface area contributed by atoms with E-state index in [2.05, 4.69) is 0 Å². The number of carboxylic acid groups (broad SMARTS) is 1. The molecule has 28 heavy (non-hydrogen) atoms. The van der Waals surface area contributed by atoms with Gasteiger partial charge in [-0.15, -0.1) is 0 Å². The van der Waals surface area contributed by atoms with Gasteiger partial charge in [0, 0.05) is 17.0 Å². The molecule has 3 aromatic rings. The zero-order valence-corrected chi connectivity index (χ0v) is 16.0. The fourth-order valence-corrected chi connectivity index (χ4v) is 3.48. The lowest BCUT2D eigenvalue weighted by Crippen LogP contribution is -2.14. The van der Waals surface area contributed by atoms with E-state index < -0.39 is 17.7 Å². The number of benzene rings is 2. The van der Waals surface area contributed by atoms with Gasteiger partial charge in [0.25, 0.3) is 0 Å². The molecule has 0 saturated carbocycles. The van der Waals surface area contributed by atoms with E-state index in [1.807, 2.05) is 26.0 Å². The highest BCUT2D eigenvalue weighted by Crippen LogP contribution is 2.41. The first-order chi connectivity index (χ1) is 13.0. The van der Waals surface area contributed by atoms with E-state index in [0.717, 1.165) is 17.2 Å². The van der Waals surface area contributed by atoms with Crippen molar-refractivity contribution in [3.05, 3.63) is 76.1 Å². The van der Waals surface area contributed by atoms with Gasteiger partial charge in [0.05, 0.1) is 16.8 Å². The molecule has 1 N–H and O–H groups in total. The quantitative estimate of drug-likeness (QED) is 0.590.